The van der Waals surface area contributed by atoms with Crippen LogP contribution in [0.25, 0.3) is 0 Å². The fraction of sp³-hybridized carbons (Fsp3) is 0.400. The van der Waals surface area contributed by atoms with Crippen LogP contribution in [0.2, 0.25) is 0 Å². The molecule has 0 saturated carbocycles. The second kappa shape index (κ2) is 3.76. The summed E-state index contributed by atoms with van der Waals surface area (Å²) in [6, 6.07) is 0. The van der Waals surface area contributed by atoms with Gasteiger partial charge in [-0.1, -0.05) is 0 Å². The molecule has 2 rings (SSSR count). The predicted octanol–water partition coefficient (Wildman–Crippen LogP) is 1.04. The summed E-state index contributed by atoms with van der Waals surface area (Å²) < 4.78 is 3.91. The lowest BCUT2D eigenvalue weighted by molar-refractivity contribution is 0.608. The molecule has 2 aromatic heterocycles. The number of nitrogens with zero attached hydrogens (tertiary/aromatic N) is 4. The molecule has 0 aliphatic carbocycles. The number of imidazole rings is 1. The summed E-state index contributed by atoms with van der Waals surface area (Å²) in [4.78, 5) is 4.28. The molecule has 0 fully saturated rings. The van der Waals surface area contributed by atoms with Crippen molar-refractivity contribution in [2.24, 2.45) is 0 Å². The van der Waals surface area contributed by atoms with Crippen LogP contribution in [0.4, 0.5) is 5.82 Å². The molecule has 0 aliphatic rings. The van der Waals surface area contributed by atoms with Crippen LogP contribution >= 0.6 is 0 Å². The number of hydrogen-bond donors (Lipinski definition) is 1. The quantitative estimate of drug-likeness (QED) is 0.814. The monoisotopic (exact) mass is 205 g/mol. The van der Waals surface area contributed by atoms with Crippen molar-refractivity contribution < 1.29 is 0 Å². The Bertz CT molecular complexity index is 435. The molecule has 0 aliphatic heterocycles. The van der Waals surface area contributed by atoms with Crippen molar-refractivity contribution in [1.82, 2.24) is 19.3 Å². The molecule has 2 heterocycles. The Morgan fingerprint density at radius 3 is 2.87 bits per heavy atom. The highest BCUT2D eigenvalue weighted by atomic mass is 15.3. The zero-order valence-corrected chi connectivity index (χ0v) is 9.01. The molecule has 0 amide bonds. The Kier molecular flexibility index (Phi) is 2.45. The lowest BCUT2D eigenvalue weighted by Crippen LogP contribution is -2.08. The molecular weight excluding hydrogens is 190 g/mol. The smallest absolute Gasteiger partial charge is 0.148 e. The highest BCUT2D eigenvalue weighted by Gasteiger charge is 2.05. The molecule has 80 valence electrons. The van der Waals surface area contributed by atoms with Gasteiger partial charge in [0.15, 0.2) is 0 Å². The summed E-state index contributed by atoms with van der Waals surface area (Å²) in [6.07, 6.45) is 5.71. The van der Waals surface area contributed by atoms with Crippen molar-refractivity contribution in [2.75, 3.05) is 5.73 Å². The van der Waals surface area contributed by atoms with Crippen LogP contribution in [0.15, 0.2) is 18.6 Å². The number of aromatic nitrogens is 4. The Labute approximate surface area is 88.5 Å². The molecule has 0 bridgehead atoms. The molecule has 5 heteroatoms. The molecule has 0 aromatic carbocycles. The van der Waals surface area contributed by atoms with Crippen molar-refractivity contribution in [3.05, 3.63) is 30.0 Å². The van der Waals surface area contributed by atoms with E-state index in [1.165, 1.54) is 0 Å². The van der Waals surface area contributed by atoms with Gasteiger partial charge in [0.05, 0.1) is 6.54 Å². The van der Waals surface area contributed by atoms with E-state index in [1.54, 1.807) is 6.20 Å². The second-order valence-electron chi connectivity index (χ2n) is 3.52. The summed E-state index contributed by atoms with van der Waals surface area (Å²) >= 11 is 0. The molecule has 5 nitrogen and oxygen atoms in total. The summed E-state index contributed by atoms with van der Waals surface area (Å²) in [5.74, 6) is 1.59. The van der Waals surface area contributed by atoms with E-state index in [-0.39, 0.29) is 0 Å². The molecule has 2 N–H and O–H groups in total. The third-order valence-electron chi connectivity index (χ3n) is 2.43. The maximum atomic E-state index is 5.68. The first-order chi connectivity index (χ1) is 7.20. The van der Waals surface area contributed by atoms with Crippen LogP contribution in [0.5, 0.6) is 0 Å². The maximum Gasteiger partial charge on any atom is 0.148 e. The van der Waals surface area contributed by atoms with Gasteiger partial charge in [0, 0.05) is 30.7 Å². The summed E-state index contributed by atoms with van der Waals surface area (Å²) in [5.41, 5.74) is 6.69. The van der Waals surface area contributed by atoms with E-state index in [0.29, 0.717) is 12.4 Å². The largest absolute Gasteiger partial charge is 0.382 e. The molecule has 2 aromatic rings. The van der Waals surface area contributed by atoms with Crippen molar-refractivity contribution in [3.63, 3.8) is 0 Å². The van der Waals surface area contributed by atoms with Crippen LogP contribution in [-0.4, -0.2) is 19.3 Å². The Hall–Kier alpha value is -1.78. The number of nitrogen functional groups attached to an aromatic ring is 1. The first-order valence-corrected chi connectivity index (χ1v) is 5.00. The third-order valence-corrected chi connectivity index (χ3v) is 2.43. The number of anilines is 1. The fourth-order valence-corrected chi connectivity index (χ4v) is 1.54. The summed E-state index contributed by atoms with van der Waals surface area (Å²) in [5, 5.41) is 4.20. The SMILES string of the molecule is CCn1ccnc1Cn1cc(C)c(N)n1. The zero-order chi connectivity index (χ0) is 10.8. The van der Waals surface area contributed by atoms with Crippen molar-refractivity contribution in [3.8, 4) is 0 Å². The number of hydrogen-bond acceptors (Lipinski definition) is 3. The number of nitrogens with two attached hydrogens (primary N) is 1. The van der Waals surface area contributed by atoms with Gasteiger partial charge in [-0.25, -0.2) is 4.98 Å². The lowest BCUT2D eigenvalue weighted by Gasteiger charge is -2.04. The topological polar surface area (TPSA) is 61.7 Å². The fourth-order valence-electron chi connectivity index (χ4n) is 1.54. The zero-order valence-electron chi connectivity index (χ0n) is 9.01. The normalized spacial score (nSPS) is 10.8. The Balaban J connectivity index is 2.21. The molecule has 0 radical (unpaired) electrons. The first kappa shape index (κ1) is 9.76. The minimum absolute atomic E-state index is 0.588. The van der Waals surface area contributed by atoms with E-state index in [0.717, 1.165) is 17.9 Å². The Morgan fingerprint density at radius 2 is 2.27 bits per heavy atom. The Morgan fingerprint density at radius 1 is 1.47 bits per heavy atom. The number of aryl methyl sites for hydroxylation is 2. The summed E-state index contributed by atoms with van der Waals surface area (Å²) in [7, 11) is 0. The van der Waals surface area contributed by atoms with E-state index in [4.69, 9.17) is 5.73 Å². The standard InChI is InChI=1S/C10H15N5/c1-3-14-5-4-12-9(14)7-15-6-8(2)10(11)13-15/h4-6H,3,7H2,1-2H3,(H2,11,13). The van der Waals surface area contributed by atoms with Crippen molar-refractivity contribution >= 4 is 5.82 Å². The highest BCUT2D eigenvalue weighted by molar-refractivity contribution is 5.35. The third kappa shape index (κ3) is 1.86. The van der Waals surface area contributed by atoms with Crippen molar-refractivity contribution in [1.29, 1.82) is 0 Å². The van der Waals surface area contributed by atoms with E-state index >= 15 is 0 Å². The molecule has 0 atom stereocenters. The summed E-state index contributed by atoms with van der Waals surface area (Å²) in [6.45, 7) is 5.63. The molecule has 0 spiro atoms. The van der Waals surface area contributed by atoms with Crippen LogP contribution in [-0.2, 0) is 13.1 Å². The van der Waals surface area contributed by atoms with Gasteiger partial charge in [0.1, 0.15) is 11.6 Å². The van der Waals surface area contributed by atoms with Gasteiger partial charge in [0.2, 0.25) is 0 Å². The number of rotatable bonds is 3. The second-order valence-corrected chi connectivity index (χ2v) is 3.52. The minimum atomic E-state index is 0.588. The molecule has 15 heavy (non-hydrogen) atoms. The first-order valence-electron chi connectivity index (χ1n) is 5.00. The van der Waals surface area contributed by atoms with Crippen LogP contribution in [0, 0.1) is 6.92 Å². The van der Waals surface area contributed by atoms with Crippen LogP contribution in [0.1, 0.15) is 18.3 Å². The average molecular weight is 205 g/mol. The van der Waals surface area contributed by atoms with E-state index < -0.39 is 0 Å². The van der Waals surface area contributed by atoms with Crippen LogP contribution in [0.3, 0.4) is 0 Å². The van der Waals surface area contributed by atoms with Crippen LogP contribution < -0.4 is 5.73 Å². The molecule has 0 unspecified atom stereocenters. The van der Waals surface area contributed by atoms with E-state index in [1.807, 2.05) is 24.0 Å². The minimum Gasteiger partial charge on any atom is -0.382 e. The van der Waals surface area contributed by atoms with Gasteiger partial charge in [-0.05, 0) is 13.8 Å². The maximum absolute atomic E-state index is 5.68. The highest BCUT2D eigenvalue weighted by Crippen LogP contribution is 2.08. The van der Waals surface area contributed by atoms with Gasteiger partial charge in [-0.2, -0.15) is 5.10 Å². The van der Waals surface area contributed by atoms with Gasteiger partial charge in [-0.15, -0.1) is 0 Å². The van der Waals surface area contributed by atoms with Gasteiger partial charge < -0.3 is 10.3 Å². The van der Waals surface area contributed by atoms with E-state index in [9.17, 15) is 0 Å². The van der Waals surface area contributed by atoms with Gasteiger partial charge >= 0.3 is 0 Å². The van der Waals surface area contributed by atoms with E-state index in [2.05, 4.69) is 21.6 Å². The molecular formula is C10H15N5. The van der Waals surface area contributed by atoms with Gasteiger partial charge in [0.25, 0.3) is 0 Å². The average Bonchev–Trinajstić information content (AvgIpc) is 2.75. The molecule has 0 saturated heterocycles. The lowest BCUT2D eigenvalue weighted by atomic mass is 10.4. The van der Waals surface area contributed by atoms with Gasteiger partial charge in [-0.3, -0.25) is 4.68 Å². The predicted molar refractivity (Wildman–Crippen MR) is 58.4 cm³/mol. The van der Waals surface area contributed by atoms with Crippen molar-refractivity contribution in [2.45, 2.75) is 26.9 Å².